The monoisotopic (exact) mass is 416 g/mol. The van der Waals surface area contributed by atoms with E-state index in [1.807, 2.05) is 30.0 Å². The Labute approximate surface area is 141 Å². The van der Waals surface area contributed by atoms with Crippen LogP contribution in [0.1, 0.15) is 32.6 Å². The molecule has 2 nitrogen and oxygen atoms in total. The predicted molar refractivity (Wildman–Crippen MR) is 95.7 cm³/mol. The number of nitrogens with one attached hydrogen (secondary N) is 1. The highest BCUT2D eigenvalue weighted by Gasteiger charge is 2.38. The van der Waals surface area contributed by atoms with Gasteiger partial charge in [-0.05, 0) is 75.6 Å². The molecule has 1 N–H and O–H groups in total. The van der Waals surface area contributed by atoms with Crippen molar-refractivity contribution in [2.24, 2.45) is 10.9 Å². The molecule has 1 aromatic carbocycles. The number of nitrogens with zero attached hydrogens (tertiary/aromatic N) is 1. The fraction of sp³-hybridized carbons (Fsp3) is 0.533. The zero-order valence-electron chi connectivity index (χ0n) is 11.5. The van der Waals surface area contributed by atoms with Gasteiger partial charge in [0.25, 0.3) is 0 Å². The lowest BCUT2D eigenvalue weighted by Crippen LogP contribution is -2.32. The number of hydrogen-bond acceptors (Lipinski definition) is 3. The Morgan fingerprint density at radius 2 is 1.90 bits per heavy atom. The number of anilines is 1. The van der Waals surface area contributed by atoms with Crippen LogP contribution in [0.15, 0.2) is 32.1 Å². The maximum Gasteiger partial charge on any atom is 0.161 e. The molecular formula is C15H18Br2N2S. The van der Waals surface area contributed by atoms with Crippen molar-refractivity contribution >= 4 is 54.5 Å². The summed E-state index contributed by atoms with van der Waals surface area (Å²) in [7, 11) is 0. The SMILES string of the molecule is CC1CCC2(CC1)CSC(Nc1c(Br)cccc1Br)=N2. The van der Waals surface area contributed by atoms with Crippen LogP contribution in [0.25, 0.3) is 0 Å². The molecule has 5 heteroatoms. The highest BCUT2D eigenvalue weighted by Crippen LogP contribution is 2.42. The lowest BCUT2D eigenvalue weighted by atomic mass is 9.79. The summed E-state index contributed by atoms with van der Waals surface area (Å²) in [4.78, 5) is 5.02. The molecule has 0 saturated heterocycles. The van der Waals surface area contributed by atoms with Crippen molar-refractivity contribution < 1.29 is 0 Å². The topological polar surface area (TPSA) is 24.4 Å². The molecular weight excluding hydrogens is 400 g/mol. The molecule has 0 aromatic heterocycles. The quantitative estimate of drug-likeness (QED) is 0.635. The molecule has 0 radical (unpaired) electrons. The molecule has 1 saturated carbocycles. The highest BCUT2D eigenvalue weighted by molar-refractivity contribution is 9.11. The number of para-hydroxylation sites is 1. The number of thioether (sulfide) groups is 1. The van der Waals surface area contributed by atoms with Crippen molar-refractivity contribution in [1.82, 2.24) is 0 Å². The molecule has 1 aliphatic heterocycles. The summed E-state index contributed by atoms with van der Waals surface area (Å²) >= 11 is 9.04. The fourth-order valence-corrected chi connectivity index (χ4v) is 5.21. The van der Waals surface area contributed by atoms with Gasteiger partial charge in [-0.3, -0.25) is 4.99 Å². The lowest BCUT2D eigenvalue weighted by molar-refractivity contribution is 0.273. The van der Waals surface area contributed by atoms with Crippen molar-refractivity contribution in [3.8, 4) is 0 Å². The van der Waals surface area contributed by atoms with E-state index < -0.39 is 0 Å². The minimum absolute atomic E-state index is 0.202. The molecule has 1 aromatic rings. The van der Waals surface area contributed by atoms with Crippen LogP contribution in [-0.4, -0.2) is 16.5 Å². The Morgan fingerprint density at radius 1 is 1.25 bits per heavy atom. The minimum atomic E-state index is 0.202. The number of rotatable bonds is 1. The molecule has 1 fully saturated rings. The molecule has 0 amide bonds. The Balaban J connectivity index is 1.76. The van der Waals surface area contributed by atoms with Crippen molar-refractivity contribution in [3.05, 3.63) is 27.1 Å². The molecule has 20 heavy (non-hydrogen) atoms. The van der Waals surface area contributed by atoms with Crippen molar-refractivity contribution in [1.29, 1.82) is 0 Å². The second-order valence-corrected chi connectivity index (χ2v) is 8.51. The van der Waals surface area contributed by atoms with Crippen molar-refractivity contribution in [2.75, 3.05) is 11.1 Å². The zero-order valence-corrected chi connectivity index (χ0v) is 15.4. The number of aliphatic imine (C=N–C) groups is 1. The molecule has 1 spiro atoms. The first-order valence-electron chi connectivity index (χ1n) is 7.02. The third-order valence-corrected chi connectivity index (χ3v) is 6.69. The van der Waals surface area contributed by atoms with Crippen LogP contribution < -0.4 is 5.32 Å². The number of hydrogen-bond donors (Lipinski definition) is 1. The van der Waals surface area contributed by atoms with E-state index in [0.29, 0.717) is 0 Å². The molecule has 1 aliphatic carbocycles. The van der Waals surface area contributed by atoms with E-state index in [1.54, 1.807) is 0 Å². The van der Waals surface area contributed by atoms with Crippen LogP contribution in [0.5, 0.6) is 0 Å². The van der Waals surface area contributed by atoms with E-state index in [-0.39, 0.29) is 5.54 Å². The average molecular weight is 418 g/mol. The molecule has 0 atom stereocenters. The Morgan fingerprint density at radius 3 is 2.55 bits per heavy atom. The first kappa shape index (κ1) is 14.9. The second kappa shape index (κ2) is 6.01. The van der Waals surface area contributed by atoms with Crippen LogP contribution in [-0.2, 0) is 0 Å². The largest absolute Gasteiger partial charge is 0.333 e. The minimum Gasteiger partial charge on any atom is -0.333 e. The van der Waals surface area contributed by atoms with E-state index in [9.17, 15) is 0 Å². The maximum atomic E-state index is 5.02. The lowest BCUT2D eigenvalue weighted by Gasteiger charge is -2.32. The van der Waals surface area contributed by atoms with Crippen molar-refractivity contribution in [3.63, 3.8) is 0 Å². The summed E-state index contributed by atoms with van der Waals surface area (Å²) in [6.07, 6.45) is 5.11. The van der Waals surface area contributed by atoms with Gasteiger partial charge < -0.3 is 5.32 Å². The van der Waals surface area contributed by atoms with Crippen LogP contribution in [0.2, 0.25) is 0 Å². The van der Waals surface area contributed by atoms with E-state index in [1.165, 1.54) is 25.7 Å². The standard InChI is InChI=1S/C15H18Br2N2S/c1-10-5-7-15(8-6-10)9-20-14(19-15)18-13-11(16)3-2-4-12(13)17/h2-4,10H,5-9H2,1H3,(H,18,19). The smallest absolute Gasteiger partial charge is 0.161 e. The Bertz CT molecular complexity index is 516. The van der Waals surface area contributed by atoms with Crippen LogP contribution >= 0.6 is 43.6 Å². The molecule has 3 rings (SSSR count). The van der Waals surface area contributed by atoms with Crippen molar-refractivity contribution in [2.45, 2.75) is 38.1 Å². The van der Waals surface area contributed by atoms with Gasteiger partial charge in [-0.25, -0.2) is 0 Å². The summed E-state index contributed by atoms with van der Waals surface area (Å²) in [6, 6.07) is 6.11. The first-order valence-corrected chi connectivity index (χ1v) is 9.59. The van der Waals surface area contributed by atoms with E-state index >= 15 is 0 Å². The normalized spacial score (nSPS) is 29.6. The zero-order chi connectivity index (χ0) is 14.2. The Hall–Kier alpha value is -0.000000000000000111. The van der Waals surface area contributed by atoms with E-state index in [0.717, 1.165) is 31.5 Å². The van der Waals surface area contributed by atoms with Crippen LogP contribution in [0, 0.1) is 5.92 Å². The van der Waals surface area contributed by atoms with Gasteiger partial charge in [0.15, 0.2) is 5.17 Å². The summed E-state index contributed by atoms with van der Waals surface area (Å²) in [5.74, 6) is 2.00. The van der Waals surface area contributed by atoms with E-state index in [4.69, 9.17) is 4.99 Å². The number of benzene rings is 1. The molecule has 108 valence electrons. The van der Waals surface area contributed by atoms with Gasteiger partial charge in [0.1, 0.15) is 0 Å². The van der Waals surface area contributed by atoms with Gasteiger partial charge in [0, 0.05) is 14.7 Å². The van der Waals surface area contributed by atoms with Gasteiger partial charge in [-0.1, -0.05) is 24.8 Å². The molecule has 1 heterocycles. The first-order chi connectivity index (χ1) is 9.58. The second-order valence-electron chi connectivity index (χ2n) is 5.83. The summed E-state index contributed by atoms with van der Waals surface area (Å²) < 4.78 is 2.13. The van der Waals surface area contributed by atoms with Crippen LogP contribution in [0.3, 0.4) is 0 Å². The van der Waals surface area contributed by atoms with Gasteiger partial charge in [0.2, 0.25) is 0 Å². The summed E-state index contributed by atoms with van der Waals surface area (Å²) in [6.45, 7) is 2.36. The average Bonchev–Trinajstić information content (AvgIpc) is 2.81. The summed E-state index contributed by atoms with van der Waals surface area (Å²) in [5.41, 5.74) is 1.27. The van der Waals surface area contributed by atoms with E-state index in [2.05, 4.69) is 44.1 Å². The molecule has 0 unspecified atom stereocenters. The van der Waals surface area contributed by atoms with Crippen LogP contribution in [0.4, 0.5) is 5.69 Å². The third-order valence-electron chi connectivity index (χ3n) is 4.22. The Kier molecular flexibility index (Phi) is 4.48. The molecule has 2 aliphatic rings. The third kappa shape index (κ3) is 3.09. The van der Waals surface area contributed by atoms with Gasteiger partial charge in [-0.15, -0.1) is 0 Å². The number of amidine groups is 1. The van der Waals surface area contributed by atoms with Gasteiger partial charge >= 0.3 is 0 Å². The van der Waals surface area contributed by atoms with Gasteiger partial charge in [0.05, 0.1) is 11.2 Å². The predicted octanol–water partition coefficient (Wildman–Crippen LogP) is 5.68. The van der Waals surface area contributed by atoms with Gasteiger partial charge in [-0.2, -0.15) is 0 Å². The fourth-order valence-electron chi connectivity index (χ4n) is 2.83. The molecule has 0 bridgehead atoms. The highest BCUT2D eigenvalue weighted by atomic mass is 79.9. The number of halogens is 2. The maximum absolute atomic E-state index is 5.02. The summed E-state index contributed by atoms with van der Waals surface area (Å²) in [5, 5.41) is 4.54.